The Bertz CT molecular complexity index is 135. The number of nitrogens with two attached hydrogens (primary N) is 2. The third kappa shape index (κ3) is 4.74. The second kappa shape index (κ2) is 8.71. The third-order valence-electron chi connectivity index (χ3n) is 1.99. The van der Waals surface area contributed by atoms with Crippen LogP contribution in [0.4, 0.5) is 0 Å². The minimum absolute atomic E-state index is 0.437. The van der Waals surface area contributed by atoms with Crippen LogP contribution >= 0.6 is 69.6 Å². The molecule has 2 nitrogen and oxygen atoms in total. The van der Waals surface area contributed by atoms with Crippen molar-refractivity contribution in [2.24, 2.45) is 11.5 Å². The van der Waals surface area contributed by atoms with Gasteiger partial charge in [0.2, 0.25) is 0 Å². The van der Waals surface area contributed by atoms with E-state index in [1.54, 1.807) is 0 Å². The smallest absolute Gasteiger partial charge is 0.0693 e. The summed E-state index contributed by atoms with van der Waals surface area (Å²) >= 11 is 35.3. The second-order valence-corrected chi connectivity index (χ2v) is 6.27. The second-order valence-electron chi connectivity index (χ2n) is 3.24. The van der Waals surface area contributed by atoms with Crippen molar-refractivity contribution < 1.29 is 0 Å². The highest BCUT2D eigenvalue weighted by Gasteiger charge is 2.46. The average Bonchev–Trinajstić information content (AvgIpc) is 2.31. The lowest BCUT2D eigenvalue weighted by Crippen LogP contribution is -2.52. The number of hydrogen-bond acceptors (Lipinski definition) is 2. The van der Waals surface area contributed by atoms with Gasteiger partial charge in [-0.2, -0.15) is 0 Å². The molecule has 1 fully saturated rings. The Balaban J connectivity index is 0.000000487. The molecule has 0 aromatic carbocycles. The lowest BCUT2D eigenvalue weighted by atomic mass is 9.97. The maximum Gasteiger partial charge on any atom is 0.0693 e. The Morgan fingerprint density at radius 1 is 0.500 bits per heavy atom. The summed E-state index contributed by atoms with van der Waals surface area (Å²) in [5, 5.41) is -2.62. The molecule has 0 heterocycles. The van der Waals surface area contributed by atoms with Crippen LogP contribution in [-0.4, -0.2) is 45.4 Å². The molecule has 0 amide bonds. The number of halogens is 6. The van der Waals surface area contributed by atoms with Crippen LogP contribution in [0.15, 0.2) is 0 Å². The molecule has 4 N–H and O–H groups in total. The van der Waals surface area contributed by atoms with Crippen LogP contribution in [0.3, 0.4) is 0 Å². The van der Waals surface area contributed by atoms with Crippen LogP contribution in [0.1, 0.15) is 0 Å². The summed E-state index contributed by atoms with van der Waals surface area (Å²) < 4.78 is 0. The van der Waals surface area contributed by atoms with E-state index in [9.17, 15) is 0 Å². The monoisotopic (exact) mass is 348 g/mol. The van der Waals surface area contributed by atoms with Crippen LogP contribution < -0.4 is 11.5 Å². The highest BCUT2D eigenvalue weighted by Crippen LogP contribution is 2.39. The van der Waals surface area contributed by atoms with Gasteiger partial charge >= 0.3 is 0 Å². The van der Waals surface area contributed by atoms with Gasteiger partial charge in [0.25, 0.3) is 0 Å². The van der Waals surface area contributed by atoms with Gasteiger partial charge in [0.15, 0.2) is 0 Å². The minimum atomic E-state index is -0.437. The van der Waals surface area contributed by atoms with E-state index in [4.69, 9.17) is 81.1 Å². The Morgan fingerprint density at radius 3 is 0.688 bits per heavy atom. The van der Waals surface area contributed by atoms with E-state index in [0.29, 0.717) is 13.1 Å². The van der Waals surface area contributed by atoms with Crippen molar-refractivity contribution >= 4 is 69.6 Å². The SMILES string of the molecule is ClC1C(Cl)C(Cl)C(Cl)C(Cl)C1Cl.NCCN. The maximum atomic E-state index is 5.88. The molecule has 1 aliphatic rings. The van der Waals surface area contributed by atoms with E-state index in [1.165, 1.54) is 0 Å². The van der Waals surface area contributed by atoms with Crippen molar-refractivity contribution in [3.63, 3.8) is 0 Å². The van der Waals surface area contributed by atoms with E-state index >= 15 is 0 Å². The first-order valence-corrected chi connectivity index (χ1v) is 7.24. The molecular weight excluding hydrogens is 337 g/mol. The van der Waals surface area contributed by atoms with E-state index < -0.39 is 32.3 Å². The molecular formula is C8H14Cl6N2. The molecule has 0 spiro atoms. The molecule has 1 rings (SSSR count). The van der Waals surface area contributed by atoms with Crippen LogP contribution in [0, 0.1) is 0 Å². The lowest BCUT2D eigenvalue weighted by molar-refractivity contribution is 0.544. The number of hydrogen-bond donors (Lipinski definition) is 2. The van der Waals surface area contributed by atoms with Gasteiger partial charge in [-0.25, -0.2) is 0 Å². The van der Waals surface area contributed by atoms with Crippen LogP contribution in [-0.2, 0) is 0 Å². The fraction of sp³-hybridized carbons (Fsp3) is 1.00. The molecule has 0 aliphatic heterocycles. The molecule has 0 unspecified atom stereocenters. The van der Waals surface area contributed by atoms with Gasteiger partial charge in [-0.3, -0.25) is 0 Å². The molecule has 0 aromatic heterocycles. The average molecular weight is 351 g/mol. The standard InChI is InChI=1S/C6H6Cl6.C2H8N2/c7-1-2(8)4(10)6(12)5(11)3(1)9;3-1-2-4/h1-6H;1-4H2. The summed E-state index contributed by atoms with van der Waals surface area (Å²) in [6.45, 7) is 1.19. The first kappa shape index (κ1) is 17.7. The van der Waals surface area contributed by atoms with Gasteiger partial charge in [-0.1, -0.05) is 0 Å². The number of alkyl halides is 6. The van der Waals surface area contributed by atoms with Crippen LogP contribution in [0.25, 0.3) is 0 Å². The van der Waals surface area contributed by atoms with E-state index in [2.05, 4.69) is 0 Å². The summed E-state index contributed by atoms with van der Waals surface area (Å²) in [5.74, 6) is 0. The van der Waals surface area contributed by atoms with Crippen molar-refractivity contribution in [1.82, 2.24) is 0 Å². The fourth-order valence-electron chi connectivity index (χ4n) is 1.05. The molecule has 0 aromatic rings. The molecule has 0 radical (unpaired) electrons. The van der Waals surface area contributed by atoms with Crippen molar-refractivity contribution in [3.8, 4) is 0 Å². The molecule has 98 valence electrons. The topological polar surface area (TPSA) is 52.0 Å². The van der Waals surface area contributed by atoms with Crippen LogP contribution in [0.2, 0.25) is 0 Å². The van der Waals surface area contributed by atoms with Gasteiger partial charge in [-0.05, 0) is 0 Å². The van der Waals surface area contributed by atoms with Gasteiger partial charge in [-0.15, -0.1) is 69.6 Å². The van der Waals surface area contributed by atoms with Gasteiger partial charge < -0.3 is 11.5 Å². The van der Waals surface area contributed by atoms with Crippen molar-refractivity contribution in [1.29, 1.82) is 0 Å². The number of rotatable bonds is 1. The summed E-state index contributed by atoms with van der Waals surface area (Å²) in [6, 6.07) is 0. The predicted octanol–water partition coefficient (Wildman–Crippen LogP) is 2.55. The van der Waals surface area contributed by atoms with Gasteiger partial charge in [0, 0.05) is 13.1 Å². The minimum Gasteiger partial charge on any atom is -0.329 e. The zero-order valence-corrected chi connectivity index (χ0v) is 12.8. The summed E-state index contributed by atoms with van der Waals surface area (Å²) in [7, 11) is 0. The Hall–Kier alpha value is 1.66. The summed E-state index contributed by atoms with van der Waals surface area (Å²) in [6.07, 6.45) is 0. The molecule has 0 atom stereocenters. The largest absolute Gasteiger partial charge is 0.329 e. The summed E-state index contributed by atoms with van der Waals surface area (Å²) in [4.78, 5) is 0. The fourth-order valence-corrected chi connectivity index (χ4v) is 3.38. The molecule has 16 heavy (non-hydrogen) atoms. The quantitative estimate of drug-likeness (QED) is 0.714. The summed E-state index contributed by atoms with van der Waals surface area (Å²) in [5.41, 5.74) is 9.81. The predicted molar refractivity (Wildman–Crippen MR) is 76.0 cm³/mol. The Kier molecular flexibility index (Phi) is 9.61. The van der Waals surface area contributed by atoms with Gasteiger partial charge in [0.1, 0.15) is 0 Å². The molecule has 1 aliphatic carbocycles. The normalized spacial score (nSPS) is 43.5. The first-order valence-electron chi connectivity index (χ1n) is 4.63. The van der Waals surface area contributed by atoms with Crippen molar-refractivity contribution in [3.05, 3.63) is 0 Å². The van der Waals surface area contributed by atoms with Crippen molar-refractivity contribution in [2.45, 2.75) is 32.3 Å². The van der Waals surface area contributed by atoms with E-state index in [0.717, 1.165) is 0 Å². The van der Waals surface area contributed by atoms with E-state index in [-0.39, 0.29) is 0 Å². The maximum absolute atomic E-state index is 5.88. The Morgan fingerprint density at radius 2 is 0.625 bits per heavy atom. The highest BCUT2D eigenvalue weighted by molar-refractivity contribution is 6.45. The van der Waals surface area contributed by atoms with Crippen molar-refractivity contribution in [2.75, 3.05) is 13.1 Å². The molecule has 1 saturated carbocycles. The molecule has 8 heteroatoms. The zero-order chi connectivity index (χ0) is 12.9. The Labute approximate surface area is 126 Å². The first-order chi connectivity index (χ1) is 7.38. The van der Waals surface area contributed by atoms with E-state index in [1.807, 2.05) is 0 Å². The highest BCUT2D eigenvalue weighted by atomic mass is 35.5. The lowest BCUT2D eigenvalue weighted by Gasteiger charge is -2.37. The third-order valence-corrected chi connectivity index (χ3v) is 6.02. The van der Waals surface area contributed by atoms with Crippen LogP contribution in [0.5, 0.6) is 0 Å². The molecule has 0 bridgehead atoms. The molecule has 0 saturated heterocycles. The van der Waals surface area contributed by atoms with Gasteiger partial charge in [0.05, 0.1) is 32.3 Å². The zero-order valence-electron chi connectivity index (χ0n) is 8.30.